The van der Waals surface area contributed by atoms with Gasteiger partial charge in [-0.3, -0.25) is 4.90 Å². The number of hydrogen-bond acceptors (Lipinski definition) is 10. The molecule has 42 heavy (non-hydrogen) atoms. The molecule has 1 spiro atoms. The number of carbonyl (C=O) groups is 1. The first kappa shape index (κ1) is 29.1. The molecule has 232 valence electrons. The van der Waals surface area contributed by atoms with Gasteiger partial charge >= 0.3 is 5.97 Å². The monoisotopic (exact) mass is 587 g/mol. The zero-order valence-corrected chi connectivity index (χ0v) is 25.1. The normalized spacial score (nSPS) is 51.9. The van der Waals surface area contributed by atoms with E-state index in [1.807, 2.05) is 6.07 Å². The van der Waals surface area contributed by atoms with Crippen LogP contribution in [0.4, 0.5) is 0 Å². The first-order valence-corrected chi connectivity index (χ1v) is 15.3. The molecule has 14 atom stereocenters. The third-order valence-electron chi connectivity index (χ3n) is 12.8. The molecule has 6 fully saturated rings. The van der Waals surface area contributed by atoms with Crippen LogP contribution in [0, 0.1) is 34.5 Å². The number of fused-ring (bicyclic) bond motifs is 2. The van der Waals surface area contributed by atoms with Crippen molar-refractivity contribution in [3.05, 3.63) is 35.9 Å². The lowest BCUT2D eigenvalue weighted by atomic mass is 9.42. The van der Waals surface area contributed by atoms with E-state index in [0.29, 0.717) is 31.7 Å². The second-order valence-electron chi connectivity index (χ2n) is 13.8. The summed E-state index contributed by atoms with van der Waals surface area (Å²) in [6.45, 7) is 3.76. The number of piperidine rings is 1. The maximum atomic E-state index is 13.5. The lowest BCUT2D eigenvalue weighted by Crippen LogP contribution is -2.79. The SMILES string of the molecule is CCN1C[C@@]2(COC)C3[C@@H](OC)C4C1C3(C1C[C@@]3(O)C(OC(=O)c5ccccc5)C1[C@]4(O)C[C@@H]3OC)[C@@H](OC)C[C@H]2O. The molecule has 10 nitrogen and oxygen atoms in total. The predicted octanol–water partition coefficient (Wildman–Crippen LogP) is 1.11. The van der Waals surface area contributed by atoms with Gasteiger partial charge in [0.25, 0.3) is 0 Å². The highest BCUT2D eigenvalue weighted by Crippen LogP contribution is 2.80. The maximum absolute atomic E-state index is 13.5. The Labute approximate surface area is 247 Å². The van der Waals surface area contributed by atoms with Crippen molar-refractivity contribution in [2.45, 2.75) is 73.9 Å². The highest BCUT2D eigenvalue weighted by molar-refractivity contribution is 5.89. The van der Waals surface area contributed by atoms with Crippen molar-refractivity contribution in [1.82, 2.24) is 4.90 Å². The van der Waals surface area contributed by atoms with E-state index in [0.717, 1.165) is 0 Å². The fraction of sp³-hybridized carbons (Fsp3) is 0.781. The smallest absolute Gasteiger partial charge is 0.338 e. The van der Waals surface area contributed by atoms with Gasteiger partial charge in [-0.2, -0.15) is 0 Å². The second kappa shape index (κ2) is 9.68. The Morgan fingerprint density at radius 1 is 0.976 bits per heavy atom. The number of methoxy groups -OCH3 is 4. The first-order valence-electron chi connectivity index (χ1n) is 15.3. The summed E-state index contributed by atoms with van der Waals surface area (Å²) in [7, 11) is 6.60. The molecule has 1 heterocycles. The van der Waals surface area contributed by atoms with Crippen molar-refractivity contribution in [2.75, 3.05) is 48.1 Å². The molecule has 0 aromatic heterocycles. The van der Waals surface area contributed by atoms with E-state index < -0.39 is 64.3 Å². The zero-order chi connectivity index (χ0) is 29.8. The van der Waals surface area contributed by atoms with E-state index in [4.69, 9.17) is 23.7 Å². The van der Waals surface area contributed by atoms with E-state index >= 15 is 0 Å². The van der Waals surface area contributed by atoms with Crippen molar-refractivity contribution >= 4 is 5.97 Å². The number of esters is 1. The minimum atomic E-state index is -1.51. The summed E-state index contributed by atoms with van der Waals surface area (Å²) in [4.78, 5) is 15.9. The van der Waals surface area contributed by atoms with Crippen LogP contribution >= 0.6 is 0 Å². The molecule has 0 amide bonds. The van der Waals surface area contributed by atoms with Crippen molar-refractivity contribution < 1.29 is 43.8 Å². The summed E-state index contributed by atoms with van der Waals surface area (Å²) < 4.78 is 30.8. The zero-order valence-electron chi connectivity index (χ0n) is 25.1. The molecule has 10 heteroatoms. The second-order valence-corrected chi connectivity index (χ2v) is 13.8. The Bertz CT molecular complexity index is 1220. The summed E-state index contributed by atoms with van der Waals surface area (Å²) in [5, 5.41) is 37.6. The average Bonchev–Trinajstić information content (AvgIpc) is 3.37. The van der Waals surface area contributed by atoms with Gasteiger partial charge < -0.3 is 39.0 Å². The van der Waals surface area contributed by atoms with E-state index in [2.05, 4.69) is 11.8 Å². The Balaban J connectivity index is 1.46. The predicted molar refractivity (Wildman–Crippen MR) is 150 cm³/mol. The third kappa shape index (κ3) is 3.20. The van der Waals surface area contributed by atoms with Gasteiger partial charge in [-0.1, -0.05) is 25.1 Å². The topological polar surface area (TPSA) is 127 Å². The molecule has 7 unspecified atom stereocenters. The average molecular weight is 588 g/mol. The van der Waals surface area contributed by atoms with Gasteiger partial charge in [-0.25, -0.2) is 4.79 Å². The molecule has 0 radical (unpaired) electrons. The number of rotatable bonds is 8. The largest absolute Gasteiger partial charge is 0.455 e. The summed E-state index contributed by atoms with van der Waals surface area (Å²) in [6, 6.07) is 8.63. The number of carbonyl (C=O) groups excluding carboxylic acids is 1. The number of nitrogens with zero attached hydrogens (tertiary/aromatic N) is 1. The molecule has 1 aromatic carbocycles. The van der Waals surface area contributed by atoms with Crippen molar-refractivity contribution in [2.24, 2.45) is 34.5 Å². The lowest BCUT2D eigenvalue weighted by molar-refractivity contribution is -0.298. The van der Waals surface area contributed by atoms with Gasteiger partial charge in [0.05, 0.1) is 42.2 Å². The summed E-state index contributed by atoms with van der Waals surface area (Å²) >= 11 is 0. The number of aliphatic hydroxyl groups excluding tert-OH is 1. The molecule has 3 N–H and O–H groups in total. The van der Waals surface area contributed by atoms with Crippen LogP contribution in [0.5, 0.6) is 0 Å². The molecule has 7 bridgehead atoms. The summed E-state index contributed by atoms with van der Waals surface area (Å²) in [5.74, 6) is -2.02. The first-order chi connectivity index (χ1) is 20.1. The number of benzene rings is 1. The molecular formula is C32H45NO9. The van der Waals surface area contributed by atoms with Crippen molar-refractivity contribution in [3.8, 4) is 0 Å². The van der Waals surface area contributed by atoms with Crippen LogP contribution in [0.15, 0.2) is 30.3 Å². The number of aliphatic hydroxyl groups is 3. The minimum Gasteiger partial charge on any atom is -0.455 e. The summed E-state index contributed by atoms with van der Waals surface area (Å²) in [6.07, 6.45) is -2.36. The van der Waals surface area contributed by atoms with Crippen LogP contribution in [0.25, 0.3) is 0 Å². The fourth-order valence-electron chi connectivity index (χ4n) is 11.8. The van der Waals surface area contributed by atoms with Gasteiger partial charge in [0.15, 0.2) is 0 Å². The lowest BCUT2D eigenvalue weighted by Gasteiger charge is -2.70. The van der Waals surface area contributed by atoms with E-state index in [9.17, 15) is 20.1 Å². The molecule has 1 aromatic rings. The van der Waals surface area contributed by atoms with Crippen LogP contribution in [-0.2, 0) is 23.7 Å². The van der Waals surface area contributed by atoms with Gasteiger partial charge in [0, 0.05) is 82.5 Å². The molecule has 5 saturated carbocycles. The van der Waals surface area contributed by atoms with Gasteiger partial charge in [0.1, 0.15) is 11.7 Å². The van der Waals surface area contributed by atoms with Gasteiger partial charge in [-0.05, 0) is 31.0 Å². The standard InChI is InChI=1S/C32H45NO9/c1-6-33-15-29(16-38-2)19(34)12-20(39-3)32-18-13-30(36)21(40-4)14-31(37,23(26(32)33)24(41-5)25(29)32)22(18)27(30)42-28(35)17-10-8-7-9-11-17/h7-11,18-27,34,36-37H,6,12-16H2,1-5H3/t18?,19-,20+,21+,22?,23?,24+,25?,26?,27?,29+,30+,31-,32?/m1/s1. The minimum absolute atomic E-state index is 0.130. The highest BCUT2D eigenvalue weighted by atomic mass is 16.6. The number of likely N-dealkylation sites (tertiary alicyclic amines) is 1. The molecule has 5 aliphatic carbocycles. The fourth-order valence-corrected chi connectivity index (χ4v) is 11.8. The van der Waals surface area contributed by atoms with Crippen molar-refractivity contribution in [1.29, 1.82) is 0 Å². The maximum Gasteiger partial charge on any atom is 0.338 e. The van der Waals surface area contributed by atoms with E-state index in [1.54, 1.807) is 52.7 Å². The summed E-state index contributed by atoms with van der Waals surface area (Å²) in [5.41, 5.74) is -3.77. The Hall–Kier alpha value is -1.63. The Morgan fingerprint density at radius 3 is 2.31 bits per heavy atom. The van der Waals surface area contributed by atoms with Crippen LogP contribution in [-0.4, -0.2) is 122 Å². The van der Waals surface area contributed by atoms with Crippen LogP contribution in [0.1, 0.15) is 36.5 Å². The highest BCUT2D eigenvalue weighted by Gasteiger charge is 2.89. The van der Waals surface area contributed by atoms with Crippen LogP contribution in [0.3, 0.4) is 0 Å². The molecular weight excluding hydrogens is 542 g/mol. The molecule has 1 saturated heterocycles. The van der Waals surface area contributed by atoms with Gasteiger partial charge in [0.2, 0.25) is 0 Å². The quantitative estimate of drug-likeness (QED) is 0.381. The molecule has 6 aliphatic rings. The van der Waals surface area contributed by atoms with Crippen LogP contribution in [0.2, 0.25) is 0 Å². The third-order valence-corrected chi connectivity index (χ3v) is 12.8. The van der Waals surface area contributed by atoms with E-state index in [-0.39, 0.29) is 36.8 Å². The van der Waals surface area contributed by atoms with Crippen LogP contribution < -0.4 is 0 Å². The Kier molecular flexibility index (Phi) is 6.71. The number of hydrogen-bond donors (Lipinski definition) is 3. The number of ether oxygens (including phenoxy) is 5. The Morgan fingerprint density at radius 2 is 1.69 bits per heavy atom. The van der Waals surface area contributed by atoms with Crippen molar-refractivity contribution in [3.63, 3.8) is 0 Å². The van der Waals surface area contributed by atoms with Gasteiger partial charge in [-0.15, -0.1) is 0 Å². The molecule has 7 rings (SSSR count). The van der Waals surface area contributed by atoms with E-state index in [1.165, 1.54) is 0 Å². The molecule has 1 aliphatic heterocycles.